The van der Waals surface area contributed by atoms with Crippen LogP contribution in [0.5, 0.6) is 0 Å². The summed E-state index contributed by atoms with van der Waals surface area (Å²) in [5.41, 5.74) is 2.43. The van der Waals surface area contributed by atoms with Crippen LogP contribution in [-0.2, 0) is 13.1 Å². The van der Waals surface area contributed by atoms with E-state index in [9.17, 15) is 0 Å². The lowest BCUT2D eigenvalue weighted by Crippen LogP contribution is -2.11. The average Bonchev–Trinajstić information content (AvgIpc) is 3.15. The Morgan fingerprint density at radius 1 is 0.923 bits per heavy atom. The average molecular weight is 385 g/mol. The Morgan fingerprint density at radius 3 is 2.54 bits per heavy atom. The predicted molar refractivity (Wildman–Crippen MR) is 102 cm³/mol. The van der Waals surface area contributed by atoms with E-state index in [0.717, 1.165) is 11.3 Å². The molecule has 130 valence electrons. The zero-order valence-electron chi connectivity index (χ0n) is 13.6. The van der Waals surface area contributed by atoms with Crippen molar-refractivity contribution in [3.63, 3.8) is 0 Å². The molecule has 1 aromatic heterocycles. The van der Waals surface area contributed by atoms with Crippen molar-refractivity contribution in [2.24, 2.45) is 0 Å². The van der Waals surface area contributed by atoms with Crippen molar-refractivity contribution < 1.29 is 0 Å². The molecule has 26 heavy (non-hydrogen) atoms. The highest BCUT2D eigenvalue weighted by atomic mass is 35.5. The predicted octanol–water partition coefficient (Wildman–Crippen LogP) is 4.14. The highest BCUT2D eigenvalue weighted by molar-refractivity contribution is 6.35. The van der Waals surface area contributed by atoms with Gasteiger partial charge in [-0.1, -0.05) is 35.3 Å². The van der Waals surface area contributed by atoms with Crippen LogP contribution in [0.1, 0.15) is 11.3 Å². The van der Waals surface area contributed by atoms with Crippen LogP contribution in [0.4, 0.5) is 5.82 Å². The number of aromatic nitrogens is 5. The monoisotopic (exact) mass is 384 g/mol. The van der Waals surface area contributed by atoms with Crippen LogP contribution in [0, 0.1) is 0 Å². The zero-order chi connectivity index (χ0) is 17.9. The molecule has 2 aromatic rings. The second kappa shape index (κ2) is 7.27. The third-order valence-electron chi connectivity index (χ3n) is 3.95. The third-order valence-corrected chi connectivity index (χ3v) is 4.66. The standard InChI is InChI=1S/C18H14Cl2N6/c19-14-5-3-6-15(20)13(14)9-26-11-25-17(16-18(26)24-10-23-16)22-8-12-4-1-2-7-21-12/h1-7,10-11,22H,8-9H2. The van der Waals surface area contributed by atoms with Gasteiger partial charge in [0.2, 0.25) is 0 Å². The lowest BCUT2D eigenvalue weighted by molar-refractivity contribution is 0.761. The molecule has 0 radical (unpaired) electrons. The van der Waals surface area contributed by atoms with Crippen molar-refractivity contribution in [2.45, 2.75) is 13.1 Å². The third kappa shape index (κ3) is 3.34. The molecular formula is C18H14Cl2N6. The van der Waals surface area contributed by atoms with Gasteiger partial charge in [0.25, 0.3) is 0 Å². The summed E-state index contributed by atoms with van der Waals surface area (Å²) < 4.78 is 1.88. The molecule has 2 aliphatic heterocycles. The molecule has 1 N–H and O–H groups in total. The van der Waals surface area contributed by atoms with Crippen molar-refractivity contribution in [1.82, 2.24) is 24.5 Å². The van der Waals surface area contributed by atoms with Crippen molar-refractivity contribution in [3.8, 4) is 11.5 Å². The Labute approximate surface area is 160 Å². The number of benzene rings is 1. The lowest BCUT2D eigenvalue weighted by atomic mass is 10.2. The first kappa shape index (κ1) is 16.8. The number of fused-ring (bicyclic) bond motifs is 1. The molecule has 0 fully saturated rings. The van der Waals surface area contributed by atoms with E-state index in [1.165, 1.54) is 6.33 Å². The van der Waals surface area contributed by atoms with Gasteiger partial charge < -0.3 is 9.88 Å². The second-order valence-corrected chi connectivity index (χ2v) is 6.46. The maximum absolute atomic E-state index is 6.28. The minimum Gasteiger partial charge on any atom is -0.362 e. The van der Waals surface area contributed by atoms with Gasteiger partial charge in [0.15, 0.2) is 17.3 Å². The van der Waals surface area contributed by atoms with Crippen molar-refractivity contribution in [3.05, 3.63) is 76.6 Å². The van der Waals surface area contributed by atoms with Crippen LogP contribution in [-0.4, -0.2) is 24.5 Å². The van der Waals surface area contributed by atoms with Gasteiger partial charge in [0.1, 0.15) is 6.33 Å². The van der Waals surface area contributed by atoms with E-state index >= 15 is 0 Å². The van der Waals surface area contributed by atoms with Crippen molar-refractivity contribution >= 4 is 29.0 Å². The number of hydrogen-bond donors (Lipinski definition) is 1. The SMILES string of the molecule is Clc1cccc(Cl)c1Cn1cnc(NCc2ccccn2)c2ncnc1-2. The second-order valence-electron chi connectivity index (χ2n) is 5.64. The van der Waals surface area contributed by atoms with Crippen LogP contribution in [0.2, 0.25) is 10.0 Å². The molecule has 0 unspecified atom stereocenters. The summed E-state index contributed by atoms with van der Waals surface area (Å²) in [4.78, 5) is 17.5. The first-order valence-corrected chi connectivity index (χ1v) is 8.70. The normalized spacial score (nSPS) is 11.0. The van der Waals surface area contributed by atoms with Gasteiger partial charge >= 0.3 is 0 Å². The summed E-state index contributed by atoms with van der Waals surface area (Å²) in [5, 5.41) is 4.48. The van der Waals surface area contributed by atoms with Gasteiger partial charge in [-0.25, -0.2) is 15.0 Å². The first-order valence-electron chi connectivity index (χ1n) is 7.95. The number of nitrogens with one attached hydrogen (secondary N) is 1. The van der Waals surface area contributed by atoms with Crippen molar-refractivity contribution in [2.75, 3.05) is 5.32 Å². The molecule has 0 spiro atoms. The Hall–Kier alpha value is -2.70. The Balaban J connectivity index is 1.61. The van der Waals surface area contributed by atoms with Gasteiger partial charge in [-0.15, -0.1) is 0 Å². The molecule has 0 saturated heterocycles. The number of hydrogen-bond acceptors (Lipinski definition) is 5. The fourth-order valence-corrected chi connectivity index (χ4v) is 3.17. The molecule has 1 aromatic carbocycles. The highest BCUT2D eigenvalue weighted by Crippen LogP contribution is 2.29. The van der Waals surface area contributed by atoms with E-state index in [4.69, 9.17) is 23.2 Å². The zero-order valence-corrected chi connectivity index (χ0v) is 15.1. The summed E-state index contributed by atoms with van der Waals surface area (Å²) in [6.45, 7) is 1.01. The topological polar surface area (TPSA) is 68.5 Å². The molecule has 0 atom stereocenters. The minimum atomic E-state index is 0.460. The lowest BCUT2D eigenvalue weighted by Gasteiger charge is -2.15. The fourth-order valence-electron chi connectivity index (χ4n) is 2.66. The number of nitrogens with zero attached hydrogens (tertiary/aromatic N) is 5. The Bertz CT molecular complexity index is 982. The number of anilines is 1. The molecule has 6 nitrogen and oxygen atoms in total. The van der Waals surface area contributed by atoms with Gasteiger partial charge in [0.05, 0.1) is 25.1 Å². The van der Waals surface area contributed by atoms with Crippen molar-refractivity contribution in [1.29, 1.82) is 0 Å². The summed E-state index contributed by atoms with van der Waals surface area (Å²) in [5.74, 6) is 1.36. The molecule has 4 rings (SSSR count). The number of halogens is 2. The number of imidazole rings is 1. The molecule has 0 aliphatic carbocycles. The summed E-state index contributed by atoms with van der Waals surface area (Å²) in [6, 6.07) is 11.2. The largest absolute Gasteiger partial charge is 0.362 e. The van der Waals surface area contributed by atoms with Crippen LogP contribution in [0.25, 0.3) is 11.5 Å². The molecule has 8 heteroatoms. The van der Waals surface area contributed by atoms with Gasteiger partial charge in [-0.2, -0.15) is 0 Å². The van der Waals surface area contributed by atoms with Crippen LogP contribution >= 0.6 is 23.2 Å². The van der Waals surface area contributed by atoms with E-state index in [2.05, 4.69) is 25.3 Å². The quantitative estimate of drug-likeness (QED) is 0.559. The number of pyridine rings is 1. The van der Waals surface area contributed by atoms with Gasteiger partial charge in [-0.05, 0) is 24.3 Å². The van der Waals surface area contributed by atoms with Crippen LogP contribution in [0.15, 0.2) is 55.2 Å². The Kier molecular flexibility index (Phi) is 4.69. The van der Waals surface area contributed by atoms with E-state index in [0.29, 0.717) is 40.5 Å². The van der Waals surface area contributed by atoms with Crippen LogP contribution < -0.4 is 5.32 Å². The maximum atomic E-state index is 6.28. The van der Waals surface area contributed by atoms with E-state index in [-0.39, 0.29) is 0 Å². The number of rotatable bonds is 5. The molecule has 0 saturated carbocycles. The molecule has 0 bridgehead atoms. The van der Waals surface area contributed by atoms with E-state index < -0.39 is 0 Å². The Morgan fingerprint density at radius 2 is 1.77 bits per heavy atom. The fraction of sp³-hybridized carbons (Fsp3) is 0.111. The van der Waals surface area contributed by atoms with Crippen LogP contribution in [0.3, 0.4) is 0 Å². The molecule has 0 amide bonds. The van der Waals surface area contributed by atoms with Gasteiger partial charge in [-0.3, -0.25) is 4.98 Å². The molecule has 2 aliphatic rings. The van der Waals surface area contributed by atoms with E-state index in [1.807, 2.05) is 41.0 Å². The van der Waals surface area contributed by atoms with E-state index in [1.54, 1.807) is 12.5 Å². The first-order chi connectivity index (χ1) is 12.7. The maximum Gasteiger partial charge on any atom is 0.165 e. The molecular weight excluding hydrogens is 371 g/mol. The summed E-state index contributed by atoms with van der Waals surface area (Å²) in [7, 11) is 0. The summed E-state index contributed by atoms with van der Waals surface area (Å²) >= 11 is 12.6. The summed E-state index contributed by atoms with van der Waals surface area (Å²) in [6.07, 6.45) is 4.98. The smallest absolute Gasteiger partial charge is 0.165 e. The highest BCUT2D eigenvalue weighted by Gasteiger charge is 2.18. The minimum absolute atomic E-state index is 0.460. The van der Waals surface area contributed by atoms with Gasteiger partial charge in [0, 0.05) is 21.8 Å². The molecule has 3 heterocycles.